The van der Waals surface area contributed by atoms with Crippen molar-refractivity contribution >= 4 is 27.8 Å². The van der Waals surface area contributed by atoms with Crippen molar-refractivity contribution in [1.82, 2.24) is 9.88 Å². The van der Waals surface area contributed by atoms with Crippen LogP contribution in [0.2, 0.25) is 0 Å². The number of esters is 1. The minimum atomic E-state index is -0.845. The molecule has 1 aliphatic rings. The molecule has 9 heteroatoms. The third-order valence-electron chi connectivity index (χ3n) is 4.44. The Morgan fingerprint density at radius 3 is 2.53 bits per heavy atom. The van der Waals surface area contributed by atoms with Crippen molar-refractivity contribution < 1.29 is 24.2 Å². The number of carbonyl (C=O) groups excluding carboxylic acids is 2. The number of aromatic nitrogens is 1. The quantitative estimate of drug-likeness (QED) is 0.639. The van der Waals surface area contributed by atoms with Crippen LogP contribution >= 0.6 is 15.9 Å². The van der Waals surface area contributed by atoms with Crippen LogP contribution in [0.3, 0.4) is 0 Å². The number of pyridine rings is 1. The van der Waals surface area contributed by atoms with Crippen molar-refractivity contribution in [3.63, 3.8) is 0 Å². The number of aromatic hydroxyl groups is 1. The highest BCUT2D eigenvalue weighted by atomic mass is 79.9. The third-order valence-corrected chi connectivity index (χ3v) is 4.96. The van der Waals surface area contributed by atoms with Crippen molar-refractivity contribution in [2.24, 2.45) is 0 Å². The van der Waals surface area contributed by atoms with Gasteiger partial charge in [0.05, 0.1) is 25.5 Å². The number of carbonyl (C=O) groups is 2. The number of hydrogen-bond acceptors (Lipinski definition) is 6. The van der Waals surface area contributed by atoms with Gasteiger partial charge in [0.15, 0.2) is 0 Å². The average molecular weight is 479 g/mol. The van der Waals surface area contributed by atoms with Crippen molar-refractivity contribution in [2.45, 2.75) is 46.1 Å². The molecule has 8 nitrogen and oxygen atoms in total. The number of hydrogen-bond donors (Lipinski definition) is 2. The van der Waals surface area contributed by atoms with E-state index in [4.69, 9.17) is 9.47 Å². The summed E-state index contributed by atoms with van der Waals surface area (Å²) in [6.45, 7) is 5.17. The van der Waals surface area contributed by atoms with Crippen molar-refractivity contribution in [3.8, 4) is 5.75 Å². The summed E-state index contributed by atoms with van der Waals surface area (Å²) in [4.78, 5) is 37.6. The lowest BCUT2D eigenvalue weighted by molar-refractivity contribution is -0.153. The molecule has 2 aromatic rings. The number of halogens is 1. The molecule has 0 aliphatic carbocycles. The van der Waals surface area contributed by atoms with Crippen LogP contribution in [0, 0.1) is 0 Å². The van der Waals surface area contributed by atoms with Crippen molar-refractivity contribution in [3.05, 3.63) is 61.5 Å². The fraction of sp³-hybridized carbons (Fsp3) is 0.381. The molecule has 3 rings (SSSR count). The first-order chi connectivity index (χ1) is 14.1. The van der Waals surface area contributed by atoms with Gasteiger partial charge in [0.1, 0.15) is 23.5 Å². The Hall–Kier alpha value is -2.65. The maximum absolute atomic E-state index is 13.1. The molecule has 0 saturated heterocycles. The largest absolute Gasteiger partial charge is 0.506 e. The van der Waals surface area contributed by atoms with E-state index in [1.54, 1.807) is 20.8 Å². The normalized spacial score (nSPS) is 13.1. The van der Waals surface area contributed by atoms with Gasteiger partial charge in [0.2, 0.25) is 0 Å². The van der Waals surface area contributed by atoms with E-state index in [9.17, 15) is 19.5 Å². The molecule has 1 aromatic carbocycles. The van der Waals surface area contributed by atoms with E-state index in [1.807, 2.05) is 24.3 Å². The average Bonchev–Trinajstić information content (AvgIpc) is 3.14. The molecular weight excluding hydrogens is 456 g/mol. The number of ether oxygens (including phenoxy) is 2. The molecule has 1 aliphatic heterocycles. The van der Waals surface area contributed by atoms with E-state index in [2.05, 4.69) is 21.2 Å². The molecule has 0 bridgehead atoms. The lowest BCUT2D eigenvalue weighted by atomic mass is 10.1. The van der Waals surface area contributed by atoms with Gasteiger partial charge in [-0.2, -0.15) is 0 Å². The lowest BCUT2D eigenvalue weighted by Crippen LogP contribution is -2.38. The van der Waals surface area contributed by atoms with Crippen LogP contribution in [0.5, 0.6) is 5.75 Å². The third kappa shape index (κ3) is 4.91. The standard InChI is InChI=1S/C21H23BrN2O6/c1-21(2,3)30-16(25)8-23-19(27)17-18(26)14-10-29-11-15(14)24(20(17)28)9-12-4-6-13(22)7-5-12/h4-7,26H,8-11H2,1-3H3,(H,23,27). The van der Waals surface area contributed by atoms with Crippen LogP contribution in [0.15, 0.2) is 33.5 Å². The SMILES string of the molecule is CC(C)(C)OC(=O)CNC(=O)c1c(O)c2c(n(Cc3ccc(Br)cc3)c1=O)COC2. The fourth-order valence-electron chi connectivity index (χ4n) is 3.14. The number of nitrogens with one attached hydrogen (secondary N) is 1. The zero-order chi connectivity index (χ0) is 22.1. The minimum Gasteiger partial charge on any atom is -0.506 e. The van der Waals surface area contributed by atoms with Crippen LogP contribution in [-0.4, -0.2) is 33.7 Å². The van der Waals surface area contributed by atoms with Gasteiger partial charge in [-0.1, -0.05) is 28.1 Å². The molecule has 0 atom stereocenters. The number of fused-ring (bicyclic) bond motifs is 1. The van der Waals surface area contributed by atoms with Crippen LogP contribution in [0.25, 0.3) is 0 Å². The second-order valence-corrected chi connectivity index (χ2v) is 8.84. The molecule has 2 N–H and O–H groups in total. The summed E-state index contributed by atoms with van der Waals surface area (Å²) in [5.74, 6) is -1.90. The Labute approximate surface area is 181 Å². The second kappa shape index (κ2) is 8.61. The Morgan fingerprint density at radius 1 is 1.23 bits per heavy atom. The number of amides is 1. The molecule has 1 aromatic heterocycles. The summed E-state index contributed by atoms with van der Waals surface area (Å²) in [7, 11) is 0. The molecule has 0 radical (unpaired) electrons. The highest BCUT2D eigenvalue weighted by molar-refractivity contribution is 9.10. The summed E-state index contributed by atoms with van der Waals surface area (Å²) >= 11 is 3.37. The molecule has 160 valence electrons. The number of rotatable bonds is 5. The van der Waals surface area contributed by atoms with Gasteiger partial charge >= 0.3 is 5.97 Å². The van der Waals surface area contributed by atoms with Gasteiger partial charge in [0, 0.05) is 10.0 Å². The first-order valence-corrected chi connectivity index (χ1v) is 10.2. The second-order valence-electron chi connectivity index (χ2n) is 7.93. The fourth-order valence-corrected chi connectivity index (χ4v) is 3.40. The van der Waals surface area contributed by atoms with E-state index >= 15 is 0 Å². The molecule has 30 heavy (non-hydrogen) atoms. The van der Waals surface area contributed by atoms with Gasteiger partial charge in [-0.05, 0) is 38.5 Å². The Bertz CT molecular complexity index is 1040. The van der Waals surface area contributed by atoms with Gasteiger partial charge in [-0.3, -0.25) is 14.4 Å². The Kier molecular flexibility index (Phi) is 6.33. The van der Waals surface area contributed by atoms with E-state index in [-0.39, 0.29) is 19.8 Å². The van der Waals surface area contributed by atoms with Crippen molar-refractivity contribution in [1.29, 1.82) is 0 Å². The molecule has 2 heterocycles. The zero-order valence-electron chi connectivity index (χ0n) is 17.0. The maximum atomic E-state index is 13.1. The summed E-state index contributed by atoms with van der Waals surface area (Å²) in [5.41, 5.74) is 0.00594. The summed E-state index contributed by atoms with van der Waals surface area (Å²) in [6, 6.07) is 7.42. The smallest absolute Gasteiger partial charge is 0.325 e. The highest BCUT2D eigenvalue weighted by Crippen LogP contribution is 2.30. The Morgan fingerprint density at radius 2 is 1.90 bits per heavy atom. The molecule has 0 spiro atoms. The molecular formula is C21H23BrN2O6. The molecule has 0 unspecified atom stereocenters. The van der Waals surface area contributed by atoms with Crippen LogP contribution in [0.1, 0.15) is 48.0 Å². The van der Waals surface area contributed by atoms with Gasteiger partial charge in [0.25, 0.3) is 11.5 Å². The van der Waals surface area contributed by atoms with Crippen LogP contribution in [-0.2, 0) is 34.0 Å². The minimum absolute atomic E-state index is 0.0914. The summed E-state index contributed by atoms with van der Waals surface area (Å²) in [5, 5.41) is 12.9. The van der Waals surface area contributed by atoms with Crippen LogP contribution in [0.4, 0.5) is 0 Å². The maximum Gasteiger partial charge on any atom is 0.325 e. The summed E-state index contributed by atoms with van der Waals surface area (Å²) in [6.07, 6.45) is 0. The molecule has 0 saturated carbocycles. The first kappa shape index (κ1) is 22.0. The van der Waals surface area contributed by atoms with Gasteiger partial charge in [-0.25, -0.2) is 0 Å². The first-order valence-electron chi connectivity index (χ1n) is 9.36. The van der Waals surface area contributed by atoms with Gasteiger partial charge < -0.3 is 24.5 Å². The van der Waals surface area contributed by atoms with Gasteiger partial charge in [-0.15, -0.1) is 0 Å². The number of nitrogens with zero attached hydrogens (tertiary/aromatic N) is 1. The van der Waals surface area contributed by atoms with E-state index in [1.165, 1.54) is 4.57 Å². The van der Waals surface area contributed by atoms with E-state index < -0.39 is 40.9 Å². The molecule has 1 amide bonds. The van der Waals surface area contributed by atoms with E-state index in [0.717, 1.165) is 10.0 Å². The Balaban J connectivity index is 1.91. The zero-order valence-corrected chi connectivity index (χ0v) is 18.5. The topological polar surface area (TPSA) is 107 Å². The monoisotopic (exact) mass is 478 g/mol. The lowest BCUT2D eigenvalue weighted by Gasteiger charge is -2.20. The number of benzene rings is 1. The predicted octanol–water partition coefficient (Wildman–Crippen LogP) is 2.47. The summed E-state index contributed by atoms with van der Waals surface area (Å²) < 4.78 is 12.9. The van der Waals surface area contributed by atoms with E-state index in [0.29, 0.717) is 11.3 Å². The molecule has 0 fully saturated rings. The van der Waals surface area contributed by atoms with Crippen molar-refractivity contribution in [2.75, 3.05) is 6.54 Å². The predicted molar refractivity (Wildman–Crippen MR) is 112 cm³/mol. The van der Waals surface area contributed by atoms with Crippen LogP contribution < -0.4 is 10.9 Å². The highest BCUT2D eigenvalue weighted by Gasteiger charge is 2.29.